The molecule has 1 aliphatic heterocycles. The zero-order valence-electron chi connectivity index (χ0n) is 9.28. The first-order chi connectivity index (χ1) is 7.92. The van der Waals surface area contributed by atoms with Gasteiger partial charge in [-0.2, -0.15) is 0 Å². The Morgan fingerprint density at radius 1 is 1.19 bits per heavy atom. The van der Waals surface area contributed by atoms with Crippen LogP contribution in [0.15, 0.2) is 30.3 Å². The van der Waals surface area contributed by atoms with Gasteiger partial charge in [0, 0.05) is 42.3 Å². The summed E-state index contributed by atoms with van der Waals surface area (Å²) in [5.74, 6) is 0. The SMILES string of the molecule is c1ccc2sc(CN3CCNCC3)cc2c1. The van der Waals surface area contributed by atoms with E-state index in [1.165, 1.54) is 28.1 Å². The molecule has 0 aliphatic carbocycles. The molecule has 0 saturated carbocycles. The van der Waals surface area contributed by atoms with Crippen molar-refractivity contribution in [1.29, 1.82) is 0 Å². The van der Waals surface area contributed by atoms with Crippen molar-refractivity contribution < 1.29 is 0 Å². The fourth-order valence-corrected chi connectivity index (χ4v) is 3.31. The van der Waals surface area contributed by atoms with Crippen molar-refractivity contribution in [3.63, 3.8) is 0 Å². The first-order valence-corrected chi connectivity index (χ1v) is 6.64. The van der Waals surface area contributed by atoms with Gasteiger partial charge >= 0.3 is 0 Å². The summed E-state index contributed by atoms with van der Waals surface area (Å²) in [5.41, 5.74) is 0. The second kappa shape index (κ2) is 4.53. The molecule has 1 saturated heterocycles. The Kier molecular flexibility index (Phi) is 2.91. The first-order valence-electron chi connectivity index (χ1n) is 5.82. The Labute approximate surface area is 99.9 Å². The fraction of sp³-hybridized carbons (Fsp3) is 0.385. The molecule has 0 atom stereocenters. The maximum atomic E-state index is 3.39. The molecule has 0 radical (unpaired) electrons. The Morgan fingerprint density at radius 2 is 2.00 bits per heavy atom. The van der Waals surface area contributed by atoms with Crippen molar-refractivity contribution >= 4 is 21.4 Å². The number of benzene rings is 1. The van der Waals surface area contributed by atoms with Gasteiger partial charge in [0.05, 0.1) is 0 Å². The highest BCUT2D eigenvalue weighted by Crippen LogP contribution is 2.26. The highest BCUT2D eigenvalue weighted by atomic mass is 32.1. The largest absolute Gasteiger partial charge is 0.314 e. The lowest BCUT2D eigenvalue weighted by Crippen LogP contribution is -2.42. The van der Waals surface area contributed by atoms with Crippen LogP contribution in [0.3, 0.4) is 0 Å². The smallest absolute Gasteiger partial charge is 0.0346 e. The molecule has 0 amide bonds. The fourth-order valence-electron chi connectivity index (χ4n) is 2.20. The van der Waals surface area contributed by atoms with E-state index >= 15 is 0 Å². The summed E-state index contributed by atoms with van der Waals surface area (Å²) in [6, 6.07) is 11.0. The topological polar surface area (TPSA) is 15.3 Å². The summed E-state index contributed by atoms with van der Waals surface area (Å²) in [5, 5.41) is 4.78. The number of hydrogen-bond donors (Lipinski definition) is 1. The van der Waals surface area contributed by atoms with Crippen LogP contribution >= 0.6 is 11.3 Å². The van der Waals surface area contributed by atoms with Gasteiger partial charge in [0.1, 0.15) is 0 Å². The van der Waals surface area contributed by atoms with Crippen LogP contribution in [-0.2, 0) is 6.54 Å². The highest BCUT2D eigenvalue weighted by molar-refractivity contribution is 7.19. The van der Waals surface area contributed by atoms with Gasteiger partial charge in [-0.3, -0.25) is 4.90 Å². The zero-order chi connectivity index (χ0) is 10.8. The molecule has 1 aliphatic rings. The second-order valence-corrected chi connectivity index (χ2v) is 5.45. The van der Waals surface area contributed by atoms with Crippen molar-refractivity contribution in [2.24, 2.45) is 0 Å². The maximum Gasteiger partial charge on any atom is 0.0346 e. The number of fused-ring (bicyclic) bond motifs is 1. The number of piperazine rings is 1. The normalized spacial score (nSPS) is 18.0. The van der Waals surface area contributed by atoms with E-state index in [0.717, 1.165) is 19.6 Å². The summed E-state index contributed by atoms with van der Waals surface area (Å²) in [7, 11) is 0. The summed E-state index contributed by atoms with van der Waals surface area (Å²) in [6.07, 6.45) is 0. The summed E-state index contributed by atoms with van der Waals surface area (Å²) >= 11 is 1.93. The van der Waals surface area contributed by atoms with E-state index in [2.05, 4.69) is 40.5 Å². The molecule has 84 valence electrons. The lowest BCUT2D eigenvalue weighted by atomic mass is 10.2. The van der Waals surface area contributed by atoms with Crippen molar-refractivity contribution in [3.8, 4) is 0 Å². The third-order valence-corrected chi connectivity index (χ3v) is 4.17. The standard InChI is InChI=1S/C13H16N2S/c1-2-4-13-11(3-1)9-12(16-13)10-15-7-5-14-6-8-15/h1-4,9,14H,5-8,10H2. The van der Waals surface area contributed by atoms with Crippen LogP contribution < -0.4 is 5.32 Å². The minimum Gasteiger partial charge on any atom is -0.314 e. The molecule has 1 N–H and O–H groups in total. The third-order valence-electron chi connectivity index (χ3n) is 3.07. The molecule has 3 heteroatoms. The molecule has 0 spiro atoms. The quantitative estimate of drug-likeness (QED) is 0.855. The van der Waals surface area contributed by atoms with Crippen LogP contribution in [0.2, 0.25) is 0 Å². The molecule has 0 bridgehead atoms. The Hall–Kier alpha value is -0.900. The molecule has 16 heavy (non-hydrogen) atoms. The predicted molar refractivity (Wildman–Crippen MR) is 70.0 cm³/mol. The van der Waals surface area contributed by atoms with Crippen molar-refractivity contribution in [2.75, 3.05) is 26.2 Å². The van der Waals surface area contributed by atoms with E-state index in [0.29, 0.717) is 0 Å². The molecule has 2 aromatic rings. The summed E-state index contributed by atoms with van der Waals surface area (Å²) in [6.45, 7) is 5.72. The molecule has 2 nitrogen and oxygen atoms in total. The van der Waals surface area contributed by atoms with Gasteiger partial charge in [-0.15, -0.1) is 11.3 Å². The van der Waals surface area contributed by atoms with Gasteiger partial charge in [-0.25, -0.2) is 0 Å². The van der Waals surface area contributed by atoms with Crippen LogP contribution in [0.1, 0.15) is 4.88 Å². The molecule has 1 fully saturated rings. The van der Waals surface area contributed by atoms with Gasteiger partial charge < -0.3 is 5.32 Å². The number of rotatable bonds is 2. The average Bonchev–Trinajstić information content (AvgIpc) is 2.72. The van der Waals surface area contributed by atoms with E-state index in [1.807, 2.05) is 11.3 Å². The van der Waals surface area contributed by atoms with Crippen LogP contribution in [0.5, 0.6) is 0 Å². The summed E-state index contributed by atoms with van der Waals surface area (Å²) in [4.78, 5) is 4.02. The van der Waals surface area contributed by atoms with Crippen LogP contribution in [0.25, 0.3) is 10.1 Å². The minimum absolute atomic E-state index is 1.11. The Morgan fingerprint density at radius 3 is 2.81 bits per heavy atom. The third kappa shape index (κ3) is 2.12. The minimum atomic E-state index is 1.11. The molecule has 3 rings (SSSR count). The number of nitrogens with zero attached hydrogens (tertiary/aromatic N) is 1. The Balaban J connectivity index is 1.78. The average molecular weight is 232 g/mol. The highest BCUT2D eigenvalue weighted by Gasteiger charge is 2.11. The van der Waals surface area contributed by atoms with E-state index in [1.54, 1.807) is 0 Å². The lowest BCUT2D eigenvalue weighted by Gasteiger charge is -2.26. The van der Waals surface area contributed by atoms with E-state index in [4.69, 9.17) is 0 Å². The van der Waals surface area contributed by atoms with E-state index < -0.39 is 0 Å². The van der Waals surface area contributed by atoms with Crippen LogP contribution in [0.4, 0.5) is 0 Å². The van der Waals surface area contributed by atoms with Gasteiger partial charge in [-0.05, 0) is 17.5 Å². The number of nitrogens with one attached hydrogen (secondary N) is 1. The van der Waals surface area contributed by atoms with Crippen molar-refractivity contribution in [2.45, 2.75) is 6.54 Å². The van der Waals surface area contributed by atoms with Crippen molar-refractivity contribution in [1.82, 2.24) is 10.2 Å². The molecule has 1 aromatic carbocycles. The van der Waals surface area contributed by atoms with Gasteiger partial charge in [0.2, 0.25) is 0 Å². The molecular weight excluding hydrogens is 216 g/mol. The number of thiophene rings is 1. The van der Waals surface area contributed by atoms with E-state index in [9.17, 15) is 0 Å². The maximum absolute atomic E-state index is 3.39. The second-order valence-electron chi connectivity index (χ2n) is 4.28. The van der Waals surface area contributed by atoms with Gasteiger partial charge in [0.15, 0.2) is 0 Å². The summed E-state index contributed by atoms with van der Waals surface area (Å²) < 4.78 is 1.41. The van der Waals surface area contributed by atoms with Crippen LogP contribution in [-0.4, -0.2) is 31.1 Å². The van der Waals surface area contributed by atoms with Crippen molar-refractivity contribution in [3.05, 3.63) is 35.2 Å². The number of hydrogen-bond acceptors (Lipinski definition) is 3. The van der Waals surface area contributed by atoms with Gasteiger partial charge in [0.25, 0.3) is 0 Å². The molecule has 2 heterocycles. The van der Waals surface area contributed by atoms with Crippen LogP contribution in [0, 0.1) is 0 Å². The first kappa shape index (κ1) is 10.3. The zero-order valence-corrected chi connectivity index (χ0v) is 10.1. The monoisotopic (exact) mass is 232 g/mol. The van der Waals surface area contributed by atoms with Gasteiger partial charge in [-0.1, -0.05) is 18.2 Å². The molecule has 0 unspecified atom stereocenters. The molecule has 1 aromatic heterocycles. The molecular formula is C13H16N2S. The lowest BCUT2D eigenvalue weighted by molar-refractivity contribution is 0.235. The predicted octanol–water partition coefficient (Wildman–Crippen LogP) is 2.31. The Bertz CT molecular complexity index is 438. The van der Waals surface area contributed by atoms with E-state index in [-0.39, 0.29) is 0 Å².